The van der Waals surface area contributed by atoms with Crippen molar-refractivity contribution in [3.8, 4) is 5.69 Å². The van der Waals surface area contributed by atoms with Gasteiger partial charge in [0.25, 0.3) is 0 Å². The number of nitrogens with one attached hydrogen (secondary N) is 1. The van der Waals surface area contributed by atoms with Gasteiger partial charge >= 0.3 is 0 Å². The Hall–Kier alpha value is -3.04. The van der Waals surface area contributed by atoms with E-state index in [2.05, 4.69) is 44.3 Å². The van der Waals surface area contributed by atoms with Crippen LogP contribution in [-0.2, 0) is 4.74 Å². The smallest absolute Gasteiger partial charge is 0.246 e. The van der Waals surface area contributed by atoms with Gasteiger partial charge in [-0.05, 0) is 49.2 Å². The topological polar surface area (TPSA) is 58.5 Å². The quantitative estimate of drug-likeness (QED) is 0.536. The fraction of sp³-hybridized carbons (Fsp3) is 0.391. The normalized spacial score (nSPS) is 14.7. The van der Waals surface area contributed by atoms with Crippen LogP contribution in [0, 0.1) is 18.6 Å². The number of halogens is 2. The van der Waals surface area contributed by atoms with Crippen LogP contribution >= 0.6 is 0 Å². The van der Waals surface area contributed by atoms with Gasteiger partial charge < -0.3 is 15.0 Å². The van der Waals surface area contributed by atoms with Crippen LogP contribution in [0.5, 0.6) is 0 Å². The molecular formula is C23H28F2N6O. The Morgan fingerprint density at radius 3 is 2.44 bits per heavy atom. The Labute approximate surface area is 186 Å². The summed E-state index contributed by atoms with van der Waals surface area (Å²) in [5.41, 5.74) is 3.41. The predicted octanol–water partition coefficient (Wildman–Crippen LogP) is 3.76. The maximum Gasteiger partial charge on any atom is 0.246 e. The molecule has 0 atom stereocenters. The lowest BCUT2D eigenvalue weighted by Gasteiger charge is -2.36. The monoisotopic (exact) mass is 442 g/mol. The fourth-order valence-electron chi connectivity index (χ4n) is 3.93. The van der Waals surface area contributed by atoms with Crippen molar-refractivity contribution in [3.63, 3.8) is 0 Å². The number of rotatable bonds is 8. The first kappa shape index (κ1) is 22.2. The Morgan fingerprint density at radius 2 is 1.72 bits per heavy atom. The van der Waals surface area contributed by atoms with Crippen molar-refractivity contribution in [1.29, 1.82) is 0 Å². The SMILES string of the molecule is COCCCN1CCN(c2cc(C)cc(Nc3ncn(-c4cc(F)cc(F)c4)n3)c2)CC1. The number of aryl methyl sites for hydroxylation is 1. The summed E-state index contributed by atoms with van der Waals surface area (Å²) in [6, 6.07) is 9.52. The molecule has 0 amide bonds. The number of methoxy groups -OCH3 is 1. The van der Waals surface area contributed by atoms with Gasteiger partial charge in [0.15, 0.2) is 0 Å². The molecule has 3 aromatic rings. The molecule has 1 fully saturated rings. The van der Waals surface area contributed by atoms with Crippen molar-refractivity contribution in [2.24, 2.45) is 0 Å². The van der Waals surface area contributed by atoms with Crippen LogP contribution in [-0.4, -0.2) is 66.1 Å². The second kappa shape index (κ2) is 10.1. The average molecular weight is 443 g/mol. The van der Waals surface area contributed by atoms with Gasteiger partial charge in [0.1, 0.15) is 18.0 Å². The van der Waals surface area contributed by atoms with Crippen molar-refractivity contribution in [3.05, 3.63) is 59.9 Å². The summed E-state index contributed by atoms with van der Waals surface area (Å²) in [6.45, 7) is 7.89. The minimum Gasteiger partial charge on any atom is -0.385 e. The average Bonchev–Trinajstić information content (AvgIpc) is 3.22. The molecule has 0 unspecified atom stereocenters. The Kier molecular flexibility index (Phi) is 6.96. The first-order valence-electron chi connectivity index (χ1n) is 10.7. The molecule has 0 radical (unpaired) electrons. The Bertz CT molecular complexity index is 1030. The minimum atomic E-state index is -0.660. The number of benzene rings is 2. The van der Waals surface area contributed by atoms with E-state index < -0.39 is 11.6 Å². The summed E-state index contributed by atoms with van der Waals surface area (Å²) in [6.07, 6.45) is 2.48. The maximum atomic E-state index is 13.5. The number of hydrogen-bond donors (Lipinski definition) is 1. The van der Waals surface area contributed by atoms with Gasteiger partial charge in [-0.1, -0.05) is 0 Å². The van der Waals surface area contributed by atoms with Gasteiger partial charge in [0.2, 0.25) is 5.95 Å². The van der Waals surface area contributed by atoms with E-state index in [-0.39, 0.29) is 5.69 Å². The molecule has 1 N–H and O–H groups in total. The maximum absolute atomic E-state index is 13.5. The standard InChI is InChI=1S/C23H28F2N6O/c1-17-10-20(15-21(11-17)30-7-5-29(6-8-30)4-3-9-32-2)27-23-26-16-31(28-23)22-13-18(24)12-19(25)14-22/h10-16H,3-9H2,1-2H3,(H,27,28). The highest BCUT2D eigenvalue weighted by molar-refractivity contribution is 5.64. The van der Waals surface area contributed by atoms with Gasteiger partial charge in [-0.3, -0.25) is 4.90 Å². The van der Waals surface area contributed by atoms with Gasteiger partial charge in [0, 0.05) is 63.9 Å². The molecule has 1 aliphatic heterocycles. The van der Waals surface area contributed by atoms with Gasteiger partial charge in [-0.2, -0.15) is 4.98 Å². The zero-order chi connectivity index (χ0) is 22.5. The van der Waals surface area contributed by atoms with E-state index in [1.807, 2.05) is 6.07 Å². The van der Waals surface area contributed by atoms with Crippen molar-refractivity contribution < 1.29 is 13.5 Å². The molecule has 9 heteroatoms. The molecule has 1 aliphatic rings. The van der Waals surface area contributed by atoms with Crippen LogP contribution in [0.2, 0.25) is 0 Å². The summed E-state index contributed by atoms with van der Waals surface area (Å²) in [7, 11) is 1.74. The molecule has 2 aromatic carbocycles. The lowest BCUT2D eigenvalue weighted by Crippen LogP contribution is -2.46. The van der Waals surface area contributed by atoms with E-state index in [4.69, 9.17) is 4.74 Å². The highest BCUT2D eigenvalue weighted by atomic mass is 19.1. The number of piperazine rings is 1. The van der Waals surface area contributed by atoms with Gasteiger partial charge in [0.05, 0.1) is 5.69 Å². The molecule has 0 saturated carbocycles. The first-order valence-corrected chi connectivity index (χ1v) is 10.7. The molecule has 4 rings (SSSR count). The molecule has 1 aromatic heterocycles. The molecule has 2 heterocycles. The molecule has 0 aliphatic carbocycles. The summed E-state index contributed by atoms with van der Waals surface area (Å²) < 4.78 is 33.5. The van der Waals surface area contributed by atoms with Crippen molar-refractivity contribution in [2.75, 3.05) is 56.7 Å². The van der Waals surface area contributed by atoms with Gasteiger partial charge in [-0.15, -0.1) is 5.10 Å². The third kappa shape index (κ3) is 5.60. The predicted molar refractivity (Wildman–Crippen MR) is 121 cm³/mol. The van der Waals surface area contributed by atoms with Crippen molar-refractivity contribution in [2.45, 2.75) is 13.3 Å². The molecule has 170 valence electrons. The minimum absolute atomic E-state index is 0.274. The largest absolute Gasteiger partial charge is 0.385 e. The van der Waals surface area contributed by atoms with E-state index >= 15 is 0 Å². The zero-order valence-electron chi connectivity index (χ0n) is 18.4. The summed E-state index contributed by atoms with van der Waals surface area (Å²) in [4.78, 5) is 9.08. The molecule has 1 saturated heterocycles. The van der Waals surface area contributed by atoms with Gasteiger partial charge in [-0.25, -0.2) is 13.5 Å². The van der Waals surface area contributed by atoms with E-state index in [0.29, 0.717) is 5.95 Å². The second-order valence-corrected chi connectivity index (χ2v) is 8.00. The van der Waals surface area contributed by atoms with Crippen LogP contribution in [0.3, 0.4) is 0 Å². The number of nitrogens with zero attached hydrogens (tertiary/aromatic N) is 5. The number of ether oxygens (including phenoxy) is 1. The lowest BCUT2D eigenvalue weighted by atomic mass is 10.1. The first-order chi connectivity index (χ1) is 15.5. The number of hydrogen-bond acceptors (Lipinski definition) is 6. The van der Waals surface area contributed by atoms with Crippen molar-refractivity contribution >= 4 is 17.3 Å². The lowest BCUT2D eigenvalue weighted by molar-refractivity contribution is 0.169. The third-order valence-electron chi connectivity index (χ3n) is 5.48. The molecule has 7 nitrogen and oxygen atoms in total. The van der Waals surface area contributed by atoms with E-state index in [0.717, 1.165) is 68.8 Å². The number of anilines is 3. The van der Waals surface area contributed by atoms with Crippen LogP contribution in [0.4, 0.5) is 26.1 Å². The third-order valence-corrected chi connectivity index (χ3v) is 5.48. The highest BCUT2D eigenvalue weighted by Crippen LogP contribution is 2.25. The van der Waals surface area contributed by atoms with Crippen LogP contribution in [0.1, 0.15) is 12.0 Å². The van der Waals surface area contributed by atoms with E-state index in [1.54, 1.807) is 7.11 Å². The van der Waals surface area contributed by atoms with Crippen LogP contribution < -0.4 is 10.2 Å². The fourth-order valence-corrected chi connectivity index (χ4v) is 3.93. The molecule has 0 spiro atoms. The summed E-state index contributed by atoms with van der Waals surface area (Å²) in [5.74, 6) is -0.964. The zero-order valence-corrected chi connectivity index (χ0v) is 18.4. The molecular weight excluding hydrogens is 414 g/mol. The van der Waals surface area contributed by atoms with E-state index in [1.165, 1.54) is 23.1 Å². The highest BCUT2D eigenvalue weighted by Gasteiger charge is 2.17. The Balaban J connectivity index is 1.42. The van der Waals surface area contributed by atoms with Crippen LogP contribution in [0.25, 0.3) is 5.69 Å². The Morgan fingerprint density at radius 1 is 0.969 bits per heavy atom. The van der Waals surface area contributed by atoms with Crippen LogP contribution in [0.15, 0.2) is 42.7 Å². The van der Waals surface area contributed by atoms with Crippen molar-refractivity contribution in [1.82, 2.24) is 19.7 Å². The number of aromatic nitrogens is 3. The molecule has 32 heavy (non-hydrogen) atoms. The van der Waals surface area contributed by atoms with E-state index in [9.17, 15) is 8.78 Å². The molecule has 0 bridgehead atoms. The summed E-state index contributed by atoms with van der Waals surface area (Å²) in [5, 5.41) is 7.51. The second-order valence-electron chi connectivity index (χ2n) is 8.00. The summed E-state index contributed by atoms with van der Waals surface area (Å²) >= 11 is 0.